The Kier molecular flexibility index (Phi) is 6.09. The fourth-order valence-electron chi connectivity index (χ4n) is 9.01. The molecule has 0 saturated carbocycles. The van der Waals surface area contributed by atoms with E-state index in [0.717, 1.165) is 55.0 Å². The SMILES string of the molecule is c1ccc2c(c1)cc(-c1c3cccc(-c4ccc5c(c4)oc4ccccc45)c3cc3c(-c4ccc5c(c4)oc4ccccc45)cccc13)c1ccccc12. The maximum atomic E-state index is 6.40. The van der Waals surface area contributed by atoms with E-state index in [2.05, 4.69) is 158 Å². The highest BCUT2D eigenvalue weighted by Crippen LogP contribution is 2.47. The second-order valence-corrected chi connectivity index (χ2v) is 14.4. The minimum atomic E-state index is 0.895. The monoisotopic (exact) mass is 686 g/mol. The van der Waals surface area contributed by atoms with E-state index in [4.69, 9.17) is 8.83 Å². The van der Waals surface area contributed by atoms with Crippen molar-refractivity contribution in [1.29, 1.82) is 0 Å². The van der Waals surface area contributed by atoms with E-state index in [1.54, 1.807) is 0 Å². The Morgan fingerprint density at radius 2 is 0.704 bits per heavy atom. The summed E-state index contributed by atoms with van der Waals surface area (Å²) in [6.45, 7) is 0. The fourth-order valence-corrected chi connectivity index (χ4v) is 9.01. The first-order valence-electron chi connectivity index (χ1n) is 18.5. The van der Waals surface area contributed by atoms with Gasteiger partial charge in [0.05, 0.1) is 0 Å². The van der Waals surface area contributed by atoms with Crippen LogP contribution in [0, 0.1) is 0 Å². The van der Waals surface area contributed by atoms with Crippen LogP contribution < -0.4 is 0 Å². The Hall–Kier alpha value is -7.16. The molecule has 0 atom stereocenters. The Morgan fingerprint density at radius 3 is 1.30 bits per heavy atom. The minimum Gasteiger partial charge on any atom is -0.456 e. The highest BCUT2D eigenvalue weighted by Gasteiger charge is 2.20. The fraction of sp³-hybridized carbons (Fsp3) is 0. The van der Waals surface area contributed by atoms with Crippen LogP contribution in [0.25, 0.3) is 120 Å². The molecule has 0 saturated heterocycles. The zero-order valence-electron chi connectivity index (χ0n) is 29.1. The van der Waals surface area contributed by atoms with Gasteiger partial charge in [0.15, 0.2) is 0 Å². The molecule has 12 rings (SSSR count). The third-order valence-electron chi connectivity index (χ3n) is 11.5. The highest BCUT2D eigenvalue weighted by atomic mass is 16.3. The number of hydrogen-bond acceptors (Lipinski definition) is 2. The van der Waals surface area contributed by atoms with E-state index >= 15 is 0 Å². The molecule has 0 radical (unpaired) electrons. The summed E-state index contributed by atoms with van der Waals surface area (Å²) in [7, 11) is 0. The average molecular weight is 687 g/mol. The van der Waals surface area contributed by atoms with Crippen molar-refractivity contribution in [2.24, 2.45) is 0 Å². The Bertz CT molecular complexity index is 3330. The van der Waals surface area contributed by atoms with Crippen molar-refractivity contribution < 1.29 is 8.83 Å². The lowest BCUT2D eigenvalue weighted by molar-refractivity contribution is 0.668. The van der Waals surface area contributed by atoms with Gasteiger partial charge in [0.1, 0.15) is 22.3 Å². The van der Waals surface area contributed by atoms with Gasteiger partial charge in [0.25, 0.3) is 0 Å². The predicted molar refractivity (Wildman–Crippen MR) is 227 cm³/mol. The third-order valence-corrected chi connectivity index (χ3v) is 11.5. The van der Waals surface area contributed by atoms with Crippen LogP contribution in [-0.4, -0.2) is 0 Å². The van der Waals surface area contributed by atoms with Crippen LogP contribution in [-0.2, 0) is 0 Å². The molecular formula is C52H30O2. The van der Waals surface area contributed by atoms with Crippen molar-refractivity contribution in [1.82, 2.24) is 0 Å². The first-order chi connectivity index (χ1) is 26.8. The lowest BCUT2D eigenvalue weighted by atomic mass is 9.84. The molecule has 12 aromatic rings. The number of fused-ring (bicyclic) bond motifs is 11. The van der Waals surface area contributed by atoms with E-state index in [0.29, 0.717) is 0 Å². The number of benzene rings is 10. The van der Waals surface area contributed by atoms with Crippen molar-refractivity contribution in [3.8, 4) is 33.4 Å². The Labute approximate surface area is 310 Å². The van der Waals surface area contributed by atoms with Gasteiger partial charge in [-0.2, -0.15) is 0 Å². The van der Waals surface area contributed by atoms with Crippen LogP contribution in [0.15, 0.2) is 191 Å². The van der Waals surface area contributed by atoms with E-state index in [-0.39, 0.29) is 0 Å². The largest absolute Gasteiger partial charge is 0.456 e. The molecule has 0 aliphatic heterocycles. The summed E-state index contributed by atoms with van der Waals surface area (Å²) in [4.78, 5) is 0. The van der Waals surface area contributed by atoms with Crippen molar-refractivity contribution in [3.63, 3.8) is 0 Å². The maximum Gasteiger partial charge on any atom is 0.136 e. The molecule has 0 fully saturated rings. The van der Waals surface area contributed by atoms with E-state index in [9.17, 15) is 0 Å². The number of furan rings is 2. The topological polar surface area (TPSA) is 26.3 Å². The molecule has 0 spiro atoms. The maximum absolute atomic E-state index is 6.40. The summed E-state index contributed by atoms with van der Waals surface area (Å²) in [5.41, 5.74) is 10.7. The summed E-state index contributed by atoms with van der Waals surface area (Å²) < 4.78 is 12.8. The zero-order chi connectivity index (χ0) is 35.3. The molecule has 10 aromatic carbocycles. The van der Waals surface area contributed by atoms with Gasteiger partial charge in [-0.05, 0) is 125 Å². The molecule has 0 bridgehead atoms. The van der Waals surface area contributed by atoms with Crippen molar-refractivity contribution in [3.05, 3.63) is 182 Å². The molecule has 2 aromatic heterocycles. The van der Waals surface area contributed by atoms with Gasteiger partial charge in [-0.15, -0.1) is 0 Å². The first kappa shape index (κ1) is 29.4. The summed E-state index contributed by atoms with van der Waals surface area (Å²) in [6, 6.07) is 65.8. The van der Waals surface area contributed by atoms with Gasteiger partial charge in [0.2, 0.25) is 0 Å². The lowest BCUT2D eigenvalue weighted by Crippen LogP contribution is -1.92. The molecule has 0 aliphatic rings. The lowest BCUT2D eigenvalue weighted by Gasteiger charge is -2.19. The van der Waals surface area contributed by atoms with E-state index in [1.165, 1.54) is 65.3 Å². The second kappa shape index (κ2) is 11.2. The standard InChI is InChI=1S/C52H30O2/c1-2-12-34-31(11-1)27-47(38-14-4-3-13-37(34)38)52-43-19-9-17-35(32-23-25-41-39-15-5-7-21-48(39)53-50(41)28-32)45(43)30-46-36(18-10-20-44(46)52)33-24-26-42-40-16-6-8-22-49(40)54-51(42)29-33/h1-30H. The Balaban J connectivity index is 1.20. The molecule has 2 nitrogen and oxygen atoms in total. The van der Waals surface area contributed by atoms with Crippen molar-refractivity contribution >= 4 is 87.0 Å². The number of para-hydroxylation sites is 2. The molecule has 2 heteroatoms. The van der Waals surface area contributed by atoms with Gasteiger partial charge < -0.3 is 8.83 Å². The molecule has 2 heterocycles. The predicted octanol–water partition coefficient (Wildman–Crippen LogP) is 15.1. The van der Waals surface area contributed by atoms with Crippen LogP contribution in [0.4, 0.5) is 0 Å². The van der Waals surface area contributed by atoms with E-state index < -0.39 is 0 Å². The second-order valence-electron chi connectivity index (χ2n) is 14.4. The van der Waals surface area contributed by atoms with Gasteiger partial charge in [0, 0.05) is 21.5 Å². The number of hydrogen-bond donors (Lipinski definition) is 0. The number of rotatable bonds is 3. The molecular weight excluding hydrogens is 657 g/mol. The molecule has 54 heavy (non-hydrogen) atoms. The van der Waals surface area contributed by atoms with Crippen LogP contribution in [0.5, 0.6) is 0 Å². The van der Waals surface area contributed by atoms with Crippen molar-refractivity contribution in [2.75, 3.05) is 0 Å². The summed E-state index contributed by atoms with van der Waals surface area (Å²) in [6.07, 6.45) is 0. The highest BCUT2D eigenvalue weighted by molar-refractivity contribution is 6.24. The van der Waals surface area contributed by atoms with Gasteiger partial charge in [-0.3, -0.25) is 0 Å². The molecule has 0 aliphatic carbocycles. The van der Waals surface area contributed by atoms with Crippen molar-refractivity contribution in [2.45, 2.75) is 0 Å². The van der Waals surface area contributed by atoms with Crippen LogP contribution in [0.1, 0.15) is 0 Å². The van der Waals surface area contributed by atoms with Gasteiger partial charge in [-0.25, -0.2) is 0 Å². The van der Waals surface area contributed by atoms with Gasteiger partial charge >= 0.3 is 0 Å². The normalized spacial score (nSPS) is 12.1. The zero-order valence-corrected chi connectivity index (χ0v) is 29.1. The van der Waals surface area contributed by atoms with Crippen LogP contribution in [0.3, 0.4) is 0 Å². The minimum absolute atomic E-state index is 0.895. The summed E-state index contributed by atoms with van der Waals surface area (Å²) in [5.74, 6) is 0. The first-order valence-corrected chi connectivity index (χ1v) is 18.5. The Morgan fingerprint density at radius 1 is 0.241 bits per heavy atom. The smallest absolute Gasteiger partial charge is 0.136 e. The quantitative estimate of drug-likeness (QED) is 0.137. The summed E-state index contributed by atoms with van der Waals surface area (Å²) >= 11 is 0. The summed E-state index contributed by atoms with van der Waals surface area (Å²) in [5, 5.41) is 14.4. The van der Waals surface area contributed by atoms with Gasteiger partial charge in [-0.1, -0.05) is 133 Å². The average Bonchev–Trinajstić information content (AvgIpc) is 3.80. The molecule has 0 amide bonds. The van der Waals surface area contributed by atoms with Crippen LogP contribution >= 0.6 is 0 Å². The molecule has 250 valence electrons. The van der Waals surface area contributed by atoms with Crippen LogP contribution in [0.2, 0.25) is 0 Å². The molecule has 0 unspecified atom stereocenters. The van der Waals surface area contributed by atoms with E-state index in [1.807, 2.05) is 24.3 Å². The third kappa shape index (κ3) is 4.22. The molecule has 0 N–H and O–H groups in total.